The van der Waals surface area contributed by atoms with Crippen LogP contribution in [0.15, 0.2) is 24.3 Å². The standard InChI is InChI=1S/C28H36ClFN6O2/c1-28(2)14-18(34-12-10-33(3)11-13-34)16-36(28)26-22-25(38-17-19-15-31-8-9-35(19)27(22)37)23(29)24(32-26)20-6-4-5-7-21(20)30/h4-7,18-19,31H,8-17H2,1-3H3/t18?,19-/m1/s1. The number of benzene rings is 1. The van der Waals surface area contributed by atoms with Crippen LogP contribution in [0.4, 0.5) is 10.2 Å². The molecule has 2 aromatic rings. The van der Waals surface area contributed by atoms with Crippen LogP contribution in [0.2, 0.25) is 5.02 Å². The van der Waals surface area contributed by atoms with E-state index in [1.165, 1.54) is 6.07 Å². The first-order chi connectivity index (χ1) is 18.2. The third kappa shape index (κ3) is 4.43. The van der Waals surface area contributed by atoms with Gasteiger partial charge in [-0.3, -0.25) is 9.69 Å². The SMILES string of the molecule is CN1CCN(C2CN(c3nc(-c4ccccc4F)c(Cl)c4c3C(=O)N3CCNC[C@@H]3CO4)C(C)(C)C2)CC1. The lowest BCUT2D eigenvalue weighted by Gasteiger charge is -2.36. The Hall–Kier alpha value is -2.46. The van der Waals surface area contributed by atoms with Gasteiger partial charge in [0.25, 0.3) is 5.91 Å². The van der Waals surface area contributed by atoms with Gasteiger partial charge in [0, 0.05) is 69.5 Å². The number of fused-ring (bicyclic) bond motifs is 2. The monoisotopic (exact) mass is 542 g/mol. The number of hydrogen-bond acceptors (Lipinski definition) is 7. The lowest BCUT2D eigenvalue weighted by molar-refractivity contribution is 0.0606. The molecule has 4 aliphatic rings. The van der Waals surface area contributed by atoms with Crippen LogP contribution in [0, 0.1) is 5.82 Å². The van der Waals surface area contributed by atoms with Gasteiger partial charge in [-0.25, -0.2) is 9.37 Å². The summed E-state index contributed by atoms with van der Waals surface area (Å²) in [4.78, 5) is 28.2. The Labute approximate surface area is 228 Å². The van der Waals surface area contributed by atoms with E-state index in [4.69, 9.17) is 21.3 Å². The van der Waals surface area contributed by atoms with E-state index >= 15 is 4.39 Å². The van der Waals surface area contributed by atoms with Crippen molar-refractivity contribution in [2.45, 2.75) is 37.9 Å². The van der Waals surface area contributed by atoms with Crippen molar-refractivity contribution in [3.8, 4) is 17.0 Å². The molecule has 0 radical (unpaired) electrons. The van der Waals surface area contributed by atoms with Crippen LogP contribution in [0.5, 0.6) is 5.75 Å². The summed E-state index contributed by atoms with van der Waals surface area (Å²) in [6, 6.07) is 6.72. The number of amides is 1. The van der Waals surface area contributed by atoms with Crippen LogP contribution in [0.1, 0.15) is 30.6 Å². The lowest BCUT2D eigenvalue weighted by Crippen LogP contribution is -2.55. The molecule has 10 heteroatoms. The number of carbonyl (C=O) groups is 1. The van der Waals surface area contributed by atoms with Gasteiger partial charge in [0.2, 0.25) is 0 Å². The molecule has 0 saturated carbocycles. The van der Waals surface area contributed by atoms with Gasteiger partial charge in [-0.05, 0) is 39.4 Å². The summed E-state index contributed by atoms with van der Waals surface area (Å²) in [6.45, 7) is 11.5. The van der Waals surface area contributed by atoms with Crippen LogP contribution < -0.4 is 15.0 Å². The molecule has 1 amide bonds. The minimum absolute atomic E-state index is 0.103. The van der Waals surface area contributed by atoms with Crippen LogP contribution in [0.3, 0.4) is 0 Å². The van der Waals surface area contributed by atoms with Crippen molar-refractivity contribution >= 4 is 23.3 Å². The van der Waals surface area contributed by atoms with Gasteiger partial charge in [0.05, 0.1) is 11.7 Å². The van der Waals surface area contributed by atoms with Crippen LogP contribution >= 0.6 is 11.6 Å². The lowest BCUT2D eigenvalue weighted by atomic mass is 9.98. The predicted octanol–water partition coefficient (Wildman–Crippen LogP) is 2.95. The second-order valence-electron chi connectivity index (χ2n) is 11.6. The molecule has 1 aromatic carbocycles. The Morgan fingerprint density at radius 2 is 1.89 bits per heavy atom. The molecule has 2 atom stereocenters. The molecular formula is C28H36ClFN6O2. The topological polar surface area (TPSA) is 64.2 Å². The molecule has 0 spiro atoms. The first kappa shape index (κ1) is 25.8. The highest BCUT2D eigenvalue weighted by Gasteiger charge is 2.46. The van der Waals surface area contributed by atoms with Gasteiger partial charge in [-0.15, -0.1) is 0 Å². The predicted molar refractivity (Wildman–Crippen MR) is 147 cm³/mol. The van der Waals surface area contributed by atoms with E-state index in [1.54, 1.807) is 18.2 Å². The van der Waals surface area contributed by atoms with Crippen molar-refractivity contribution in [2.24, 2.45) is 0 Å². The van der Waals surface area contributed by atoms with Gasteiger partial charge in [-0.1, -0.05) is 23.7 Å². The fourth-order valence-electron chi connectivity index (χ4n) is 6.40. The highest BCUT2D eigenvalue weighted by molar-refractivity contribution is 6.35. The number of ether oxygens (including phenoxy) is 1. The van der Waals surface area contributed by atoms with Gasteiger partial charge in [-0.2, -0.15) is 0 Å². The Balaban J connectivity index is 1.48. The summed E-state index contributed by atoms with van der Waals surface area (Å²) in [7, 11) is 2.16. The number of rotatable bonds is 3. The number of carbonyl (C=O) groups excluding carboxylic acids is 1. The van der Waals surface area contributed by atoms with E-state index in [2.05, 4.69) is 40.9 Å². The second-order valence-corrected chi connectivity index (χ2v) is 11.9. The van der Waals surface area contributed by atoms with E-state index in [0.29, 0.717) is 54.1 Å². The van der Waals surface area contributed by atoms with Crippen molar-refractivity contribution in [3.05, 3.63) is 40.7 Å². The van der Waals surface area contributed by atoms with Gasteiger partial charge < -0.3 is 24.8 Å². The molecule has 1 unspecified atom stereocenters. The minimum atomic E-state index is -0.412. The Bertz CT molecular complexity index is 1230. The fraction of sp³-hybridized carbons (Fsp3) is 0.571. The molecule has 204 valence electrons. The molecule has 5 heterocycles. The van der Waals surface area contributed by atoms with Gasteiger partial charge in [0.1, 0.15) is 28.8 Å². The molecule has 3 saturated heterocycles. The number of likely N-dealkylation sites (N-methyl/N-ethyl adjacent to an activating group) is 1. The molecule has 0 aliphatic carbocycles. The van der Waals surface area contributed by atoms with Crippen LogP contribution in [-0.4, -0.2) is 109 Å². The Morgan fingerprint density at radius 1 is 1.13 bits per heavy atom. The van der Waals surface area contributed by atoms with Gasteiger partial charge in [0.15, 0.2) is 5.75 Å². The highest BCUT2D eigenvalue weighted by atomic mass is 35.5. The average molecular weight is 543 g/mol. The Morgan fingerprint density at radius 3 is 2.66 bits per heavy atom. The number of anilines is 1. The van der Waals surface area contributed by atoms with Gasteiger partial charge >= 0.3 is 0 Å². The quantitative estimate of drug-likeness (QED) is 0.640. The van der Waals surface area contributed by atoms with E-state index < -0.39 is 5.82 Å². The number of nitrogens with one attached hydrogen (secondary N) is 1. The molecule has 1 N–H and O–H groups in total. The molecule has 1 aromatic heterocycles. The third-order valence-corrected chi connectivity index (χ3v) is 8.97. The van der Waals surface area contributed by atoms with Crippen molar-refractivity contribution in [2.75, 3.05) is 70.9 Å². The summed E-state index contributed by atoms with van der Waals surface area (Å²) in [5, 5.41) is 3.54. The molecule has 4 aliphatic heterocycles. The number of halogens is 2. The maximum Gasteiger partial charge on any atom is 0.261 e. The highest BCUT2D eigenvalue weighted by Crippen LogP contribution is 2.47. The first-order valence-electron chi connectivity index (χ1n) is 13.6. The summed E-state index contributed by atoms with van der Waals surface area (Å²) in [6.07, 6.45) is 0.941. The molecule has 8 nitrogen and oxygen atoms in total. The number of piperazine rings is 2. The molecule has 6 rings (SSSR count). The first-order valence-corrected chi connectivity index (χ1v) is 14.0. The fourth-order valence-corrected chi connectivity index (χ4v) is 6.69. The summed E-state index contributed by atoms with van der Waals surface area (Å²) in [5.41, 5.74) is 0.730. The Kier molecular flexibility index (Phi) is 6.74. The van der Waals surface area contributed by atoms with Crippen molar-refractivity contribution in [1.29, 1.82) is 0 Å². The number of pyridine rings is 1. The average Bonchev–Trinajstić information content (AvgIpc) is 3.14. The van der Waals surface area contributed by atoms with E-state index in [-0.39, 0.29) is 22.5 Å². The van der Waals surface area contributed by atoms with Crippen LogP contribution in [-0.2, 0) is 0 Å². The summed E-state index contributed by atoms with van der Waals surface area (Å²) in [5.74, 6) is 0.319. The van der Waals surface area contributed by atoms with Crippen LogP contribution in [0.25, 0.3) is 11.3 Å². The molecule has 3 fully saturated rings. The van der Waals surface area contributed by atoms with Crippen molar-refractivity contribution in [3.63, 3.8) is 0 Å². The molecule has 0 bridgehead atoms. The molecule has 38 heavy (non-hydrogen) atoms. The zero-order valence-electron chi connectivity index (χ0n) is 22.3. The van der Waals surface area contributed by atoms with Crippen molar-refractivity contribution in [1.82, 2.24) is 25.0 Å². The smallest absolute Gasteiger partial charge is 0.261 e. The largest absolute Gasteiger partial charge is 0.489 e. The third-order valence-electron chi connectivity index (χ3n) is 8.62. The zero-order chi connectivity index (χ0) is 26.6. The molecular weight excluding hydrogens is 507 g/mol. The van der Waals surface area contributed by atoms with E-state index in [0.717, 1.165) is 45.7 Å². The summed E-state index contributed by atoms with van der Waals surface area (Å²) >= 11 is 6.91. The van der Waals surface area contributed by atoms with Crippen molar-refractivity contribution < 1.29 is 13.9 Å². The van der Waals surface area contributed by atoms with E-state index in [9.17, 15) is 4.79 Å². The zero-order valence-corrected chi connectivity index (χ0v) is 23.1. The normalized spacial score (nSPS) is 26.1. The second kappa shape index (κ2) is 9.93. The number of hydrogen-bond donors (Lipinski definition) is 1. The number of nitrogens with zero attached hydrogens (tertiary/aromatic N) is 5. The van der Waals surface area contributed by atoms with E-state index in [1.807, 2.05) is 4.90 Å². The summed E-state index contributed by atoms with van der Waals surface area (Å²) < 4.78 is 21.3. The number of aromatic nitrogens is 1. The maximum atomic E-state index is 15.0. The minimum Gasteiger partial charge on any atom is -0.489 e. The maximum absolute atomic E-state index is 15.0.